The fourth-order valence-corrected chi connectivity index (χ4v) is 5.08. The highest BCUT2D eigenvalue weighted by molar-refractivity contribution is 7.99. The lowest BCUT2D eigenvalue weighted by atomic mass is 10.1. The number of H-pyrrole nitrogens is 1. The van der Waals surface area contributed by atoms with Crippen molar-refractivity contribution in [1.29, 1.82) is 0 Å². The van der Waals surface area contributed by atoms with Crippen molar-refractivity contribution in [2.45, 2.75) is 11.7 Å². The van der Waals surface area contributed by atoms with E-state index in [-0.39, 0.29) is 5.91 Å². The van der Waals surface area contributed by atoms with E-state index in [2.05, 4.69) is 11.1 Å². The predicted molar refractivity (Wildman–Crippen MR) is 112 cm³/mol. The summed E-state index contributed by atoms with van der Waals surface area (Å²) in [5.41, 5.74) is 2.70. The van der Waals surface area contributed by atoms with Gasteiger partial charge in [0, 0.05) is 46.1 Å². The third-order valence-electron chi connectivity index (χ3n) is 4.94. The number of ether oxygens (including phenoxy) is 1. The van der Waals surface area contributed by atoms with Gasteiger partial charge >= 0.3 is 0 Å². The Kier molecular flexibility index (Phi) is 5.32. The molecule has 0 spiro atoms. The highest BCUT2D eigenvalue weighted by Gasteiger charge is 2.24. The van der Waals surface area contributed by atoms with Crippen LogP contribution in [0.15, 0.2) is 48.5 Å². The Morgan fingerprint density at radius 2 is 2.07 bits per heavy atom. The molecule has 0 aliphatic carbocycles. The first-order chi connectivity index (χ1) is 13.2. The second-order valence-electron chi connectivity index (χ2n) is 6.60. The van der Waals surface area contributed by atoms with Gasteiger partial charge < -0.3 is 14.6 Å². The molecule has 0 radical (unpaired) electrons. The maximum atomic E-state index is 13.0. The molecule has 1 amide bonds. The Morgan fingerprint density at radius 3 is 2.89 bits per heavy atom. The summed E-state index contributed by atoms with van der Waals surface area (Å²) in [6, 6.07) is 15.7. The van der Waals surface area contributed by atoms with Gasteiger partial charge in [0.05, 0.1) is 7.11 Å². The number of benzene rings is 2. The van der Waals surface area contributed by atoms with Gasteiger partial charge in [0.25, 0.3) is 5.91 Å². The third kappa shape index (κ3) is 3.80. The van der Waals surface area contributed by atoms with Crippen LogP contribution in [0.2, 0.25) is 5.02 Å². The molecular formula is C21H21ClN2O2S. The number of fused-ring (bicyclic) bond motifs is 1. The van der Waals surface area contributed by atoms with Crippen molar-refractivity contribution in [2.24, 2.45) is 0 Å². The van der Waals surface area contributed by atoms with Crippen molar-refractivity contribution in [3.63, 3.8) is 0 Å². The molecule has 6 heteroatoms. The van der Waals surface area contributed by atoms with Crippen LogP contribution in [0.1, 0.15) is 27.7 Å². The first kappa shape index (κ1) is 18.3. The molecule has 140 valence electrons. The molecule has 0 bridgehead atoms. The van der Waals surface area contributed by atoms with E-state index in [1.54, 1.807) is 7.11 Å². The zero-order valence-corrected chi connectivity index (χ0v) is 16.6. The first-order valence-electron chi connectivity index (χ1n) is 8.98. The van der Waals surface area contributed by atoms with E-state index in [1.807, 2.05) is 59.1 Å². The van der Waals surface area contributed by atoms with Crippen LogP contribution in [0.25, 0.3) is 10.9 Å². The maximum Gasteiger partial charge on any atom is 0.270 e. The summed E-state index contributed by atoms with van der Waals surface area (Å²) in [7, 11) is 1.64. The lowest BCUT2D eigenvalue weighted by Gasteiger charge is -2.19. The molecule has 0 saturated carbocycles. The van der Waals surface area contributed by atoms with E-state index >= 15 is 0 Å². The standard InChI is InChI=1S/C21H21ClN2O2S/c1-26-15-7-6-14-12-19(23-18(14)13-15)21(25)24-9-8-20(27-11-10-24)16-4-2-3-5-17(16)22/h2-7,12-13,20,23H,8-11H2,1H3. The summed E-state index contributed by atoms with van der Waals surface area (Å²) in [5, 5.41) is 2.14. The zero-order chi connectivity index (χ0) is 18.8. The third-order valence-corrected chi connectivity index (χ3v) is 6.60. The van der Waals surface area contributed by atoms with E-state index in [0.717, 1.165) is 52.5 Å². The molecule has 2 heterocycles. The molecule has 1 unspecified atom stereocenters. The summed E-state index contributed by atoms with van der Waals surface area (Å²) in [6.07, 6.45) is 0.897. The predicted octanol–water partition coefficient (Wildman–Crippen LogP) is 5.15. The van der Waals surface area contributed by atoms with Gasteiger partial charge in [0.2, 0.25) is 0 Å². The molecule has 1 aliphatic rings. The van der Waals surface area contributed by atoms with Crippen LogP contribution in [-0.2, 0) is 0 Å². The molecule has 3 aromatic rings. The second kappa shape index (κ2) is 7.87. The number of hydrogen-bond donors (Lipinski definition) is 1. The monoisotopic (exact) mass is 400 g/mol. The van der Waals surface area contributed by atoms with Crippen molar-refractivity contribution in [1.82, 2.24) is 9.88 Å². The normalized spacial score (nSPS) is 17.7. The Labute approximate surface area is 167 Å². The second-order valence-corrected chi connectivity index (χ2v) is 8.32. The molecule has 1 aliphatic heterocycles. The van der Waals surface area contributed by atoms with Crippen molar-refractivity contribution in [3.05, 3.63) is 64.8 Å². The number of nitrogens with zero attached hydrogens (tertiary/aromatic N) is 1. The Morgan fingerprint density at radius 1 is 1.22 bits per heavy atom. The summed E-state index contributed by atoms with van der Waals surface area (Å²) >= 11 is 8.24. The number of hydrogen-bond acceptors (Lipinski definition) is 3. The van der Waals surface area contributed by atoms with Gasteiger partial charge in [-0.05, 0) is 36.2 Å². The highest BCUT2D eigenvalue weighted by Crippen LogP contribution is 2.38. The number of carbonyl (C=O) groups is 1. The molecule has 2 aromatic carbocycles. The van der Waals surface area contributed by atoms with Gasteiger partial charge in [0.1, 0.15) is 11.4 Å². The van der Waals surface area contributed by atoms with Gasteiger partial charge in [-0.25, -0.2) is 0 Å². The van der Waals surface area contributed by atoms with Crippen LogP contribution in [0, 0.1) is 0 Å². The summed E-state index contributed by atoms with van der Waals surface area (Å²) in [4.78, 5) is 18.2. The van der Waals surface area contributed by atoms with Crippen LogP contribution in [0.4, 0.5) is 0 Å². The summed E-state index contributed by atoms with van der Waals surface area (Å²) < 4.78 is 5.26. The summed E-state index contributed by atoms with van der Waals surface area (Å²) in [5.74, 6) is 1.72. The molecule has 27 heavy (non-hydrogen) atoms. The largest absolute Gasteiger partial charge is 0.497 e. The van der Waals surface area contributed by atoms with Crippen LogP contribution in [0.5, 0.6) is 5.75 Å². The van der Waals surface area contributed by atoms with Gasteiger partial charge in [-0.1, -0.05) is 29.8 Å². The number of aromatic nitrogens is 1. The number of halogens is 1. The topological polar surface area (TPSA) is 45.3 Å². The highest BCUT2D eigenvalue weighted by atomic mass is 35.5. The van der Waals surface area contributed by atoms with Crippen molar-refractivity contribution in [3.8, 4) is 5.75 Å². The lowest BCUT2D eigenvalue weighted by Crippen LogP contribution is -2.33. The van der Waals surface area contributed by atoms with Crippen LogP contribution < -0.4 is 4.74 Å². The van der Waals surface area contributed by atoms with Crippen LogP contribution in [-0.4, -0.2) is 41.7 Å². The molecule has 1 saturated heterocycles. The lowest BCUT2D eigenvalue weighted by molar-refractivity contribution is 0.0761. The SMILES string of the molecule is COc1ccc2cc(C(=O)N3CCSC(c4ccccc4Cl)CC3)[nH]c2c1. The number of methoxy groups -OCH3 is 1. The molecule has 1 atom stereocenters. The molecular weight excluding hydrogens is 380 g/mol. The van der Waals surface area contributed by atoms with E-state index < -0.39 is 0 Å². The molecule has 4 rings (SSSR count). The first-order valence-corrected chi connectivity index (χ1v) is 10.4. The van der Waals surface area contributed by atoms with Gasteiger partial charge in [-0.3, -0.25) is 4.79 Å². The number of aromatic amines is 1. The van der Waals surface area contributed by atoms with E-state index in [1.165, 1.54) is 0 Å². The number of amides is 1. The quantitative estimate of drug-likeness (QED) is 0.661. The summed E-state index contributed by atoms with van der Waals surface area (Å²) in [6.45, 7) is 1.46. The smallest absolute Gasteiger partial charge is 0.270 e. The number of nitrogens with one attached hydrogen (secondary N) is 1. The van der Waals surface area contributed by atoms with Gasteiger partial charge in [-0.2, -0.15) is 11.8 Å². The van der Waals surface area contributed by atoms with Crippen LogP contribution >= 0.6 is 23.4 Å². The molecule has 1 aromatic heterocycles. The average molecular weight is 401 g/mol. The minimum atomic E-state index is 0.0468. The number of rotatable bonds is 3. The van der Waals surface area contributed by atoms with E-state index in [4.69, 9.17) is 16.3 Å². The van der Waals surface area contributed by atoms with Gasteiger partial charge in [0.15, 0.2) is 0 Å². The number of thioether (sulfide) groups is 1. The van der Waals surface area contributed by atoms with Crippen molar-refractivity contribution < 1.29 is 9.53 Å². The van der Waals surface area contributed by atoms with Crippen molar-refractivity contribution in [2.75, 3.05) is 26.0 Å². The Balaban J connectivity index is 1.50. The average Bonchev–Trinajstić information content (AvgIpc) is 2.96. The zero-order valence-electron chi connectivity index (χ0n) is 15.1. The Bertz CT molecular complexity index is 972. The maximum absolute atomic E-state index is 13.0. The minimum absolute atomic E-state index is 0.0468. The molecule has 1 fully saturated rings. The van der Waals surface area contributed by atoms with Crippen LogP contribution in [0.3, 0.4) is 0 Å². The fraction of sp³-hybridized carbons (Fsp3) is 0.286. The fourth-order valence-electron chi connectivity index (χ4n) is 3.48. The van der Waals surface area contributed by atoms with Gasteiger partial charge in [-0.15, -0.1) is 0 Å². The molecule has 1 N–H and O–H groups in total. The minimum Gasteiger partial charge on any atom is -0.497 e. The molecule has 4 nitrogen and oxygen atoms in total. The van der Waals surface area contributed by atoms with E-state index in [0.29, 0.717) is 10.9 Å². The van der Waals surface area contributed by atoms with Crippen molar-refractivity contribution >= 4 is 40.2 Å². The Hall–Kier alpha value is -2.11. The van der Waals surface area contributed by atoms with E-state index in [9.17, 15) is 4.79 Å². The number of carbonyl (C=O) groups excluding carboxylic acids is 1.